The molecule has 1 amide bonds. The van der Waals surface area contributed by atoms with Crippen LogP contribution in [0, 0.1) is 11.3 Å². The maximum absolute atomic E-state index is 12.6. The maximum atomic E-state index is 12.6. The summed E-state index contributed by atoms with van der Waals surface area (Å²) in [5, 5.41) is 7.56. The van der Waals surface area contributed by atoms with Crippen molar-refractivity contribution in [1.82, 2.24) is 20.0 Å². The molecule has 2 aliphatic heterocycles. The van der Waals surface area contributed by atoms with E-state index in [-0.39, 0.29) is 11.3 Å². The van der Waals surface area contributed by atoms with Crippen LogP contribution in [0.25, 0.3) is 0 Å². The van der Waals surface area contributed by atoms with Gasteiger partial charge in [0, 0.05) is 52.9 Å². The molecule has 0 aliphatic carbocycles. The third kappa shape index (κ3) is 3.99. The highest BCUT2D eigenvalue weighted by atomic mass is 16.5. The fourth-order valence-corrected chi connectivity index (χ4v) is 4.29. The average Bonchev–Trinajstić information content (AvgIpc) is 2.98. The second-order valence-electron chi connectivity index (χ2n) is 7.17. The van der Waals surface area contributed by atoms with Crippen molar-refractivity contribution in [1.29, 1.82) is 0 Å². The number of ether oxygens (including phenoxy) is 2. The molecule has 3 heterocycles. The Morgan fingerprint density at radius 3 is 2.72 bits per heavy atom. The molecule has 0 N–H and O–H groups in total. The van der Waals surface area contributed by atoms with Crippen molar-refractivity contribution in [3.63, 3.8) is 0 Å². The molecule has 1 atom stereocenters. The predicted octanol–water partition coefficient (Wildman–Crippen LogP) is 0.924. The van der Waals surface area contributed by atoms with Crippen molar-refractivity contribution in [2.45, 2.75) is 12.8 Å². The smallest absolute Gasteiger partial charge is 0.255 e. The SMILES string of the molecule is COCCN1CC(COC)C2(CCN(C(=O)c3ccnnc3)CC2)C1. The monoisotopic (exact) mass is 348 g/mol. The van der Waals surface area contributed by atoms with E-state index in [1.54, 1.807) is 32.7 Å². The zero-order valence-electron chi connectivity index (χ0n) is 15.2. The van der Waals surface area contributed by atoms with Crippen LogP contribution in [0.3, 0.4) is 0 Å². The van der Waals surface area contributed by atoms with E-state index >= 15 is 0 Å². The van der Waals surface area contributed by atoms with E-state index in [1.165, 1.54) is 0 Å². The Morgan fingerprint density at radius 2 is 2.08 bits per heavy atom. The first-order valence-electron chi connectivity index (χ1n) is 8.95. The van der Waals surface area contributed by atoms with E-state index in [2.05, 4.69) is 15.1 Å². The summed E-state index contributed by atoms with van der Waals surface area (Å²) >= 11 is 0. The topological polar surface area (TPSA) is 67.8 Å². The minimum absolute atomic E-state index is 0.0577. The molecule has 3 rings (SSSR count). The first-order valence-corrected chi connectivity index (χ1v) is 8.95. The second kappa shape index (κ2) is 8.21. The van der Waals surface area contributed by atoms with Crippen molar-refractivity contribution in [2.75, 3.05) is 60.2 Å². The number of likely N-dealkylation sites (tertiary alicyclic amines) is 2. The fraction of sp³-hybridized carbons (Fsp3) is 0.722. The molecule has 7 nitrogen and oxygen atoms in total. The molecule has 0 radical (unpaired) electrons. The van der Waals surface area contributed by atoms with Crippen LogP contribution in [-0.2, 0) is 9.47 Å². The van der Waals surface area contributed by atoms with Gasteiger partial charge in [0.2, 0.25) is 0 Å². The van der Waals surface area contributed by atoms with Gasteiger partial charge >= 0.3 is 0 Å². The maximum Gasteiger partial charge on any atom is 0.255 e. The van der Waals surface area contributed by atoms with Gasteiger partial charge in [-0.1, -0.05) is 0 Å². The lowest BCUT2D eigenvalue weighted by molar-refractivity contribution is 0.0320. The van der Waals surface area contributed by atoms with Crippen LogP contribution in [0.5, 0.6) is 0 Å². The highest BCUT2D eigenvalue weighted by Crippen LogP contribution is 2.44. The number of piperidine rings is 1. The molecule has 1 unspecified atom stereocenters. The fourth-order valence-electron chi connectivity index (χ4n) is 4.29. The number of rotatable bonds is 6. The summed E-state index contributed by atoms with van der Waals surface area (Å²) in [4.78, 5) is 17.1. The van der Waals surface area contributed by atoms with Gasteiger partial charge in [0.25, 0.3) is 5.91 Å². The number of aromatic nitrogens is 2. The summed E-state index contributed by atoms with van der Waals surface area (Å²) in [6, 6.07) is 1.73. The number of carbonyl (C=O) groups is 1. The lowest BCUT2D eigenvalue weighted by Crippen LogP contribution is -2.47. The molecule has 2 saturated heterocycles. The van der Waals surface area contributed by atoms with Gasteiger partial charge in [-0.2, -0.15) is 10.2 Å². The Bertz CT molecular complexity index is 561. The van der Waals surface area contributed by atoms with Gasteiger partial charge in [-0.25, -0.2) is 0 Å². The van der Waals surface area contributed by atoms with E-state index < -0.39 is 0 Å². The minimum Gasteiger partial charge on any atom is -0.384 e. The Labute approximate surface area is 149 Å². The van der Waals surface area contributed by atoms with Gasteiger partial charge < -0.3 is 19.3 Å². The van der Waals surface area contributed by atoms with Crippen LogP contribution < -0.4 is 0 Å². The van der Waals surface area contributed by atoms with Crippen molar-refractivity contribution >= 4 is 5.91 Å². The third-order valence-electron chi connectivity index (χ3n) is 5.74. The molecular weight excluding hydrogens is 320 g/mol. The van der Waals surface area contributed by atoms with Crippen LogP contribution in [0.2, 0.25) is 0 Å². The Balaban J connectivity index is 1.63. The van der Waals surface area contributed by atoms with Crippen LogP contribution in [0.15, 0.2) is 18.5 Å². The Kier molecular flexibility index (Phi) is 5.98. The normalized spacial score (nSPS) is 23.3. The molecule has 2 fully saturated rings. The zero-order valence-corrected chi connectivity index (χ0v) is 15.2. The zero-order chi connectivity index (χ0) is 17.7. The second-order valence-corrected chi connectivity index (χ2v) is 7.17. The summed E-state index contributed by atoms with van der Waals surface area (Å²) in [6.45, 7) is 6.21. The molecule has 2 aliphatic rings. The summed E-state index contributed by atoms with van der Waals surface area (Å²) in [5.41, 5.74) is 0.865. The van der Waals surface area contributed by atoms with E-state index in [9.17, 15) is 4.79 Å². The number of hydrogen-bond donors (Lipinski definition) is 0. The quantitative estimate of drug-likeness (QED) is 0.762. The van der Waals surface area contributed by atoms with E-state index in [0.29, 0.717) is 11.5 Å². The molecule has 0 aromatic carbocycles. The first-order chi connectivity index (χ1) is 12.2. The van der Waals surface area contributed by atoms with Crippen molar-refractivity contribution in [2.24, 2.45) is 11.3 Å². The molecular formula is C18H28N4O3. The Morgan fingerprint density at radius 1 is 1.28 bits per heavy atom. The highest BCUT2D eigenvalue weighted by Gasteiger charge is 2.48. The van der Waals surface area contributed by atoms with Crippen molar-refractivity contribution in [3.8, 4) is 0 Å². The van der Waals surface area contributed by atoms with E-state index in [4.69, 9.17) is 9.47 Å². The standard InChI is InChI=1S/C18H28N4O3/c1-24-10-9-21-12-16(13-25-2)18(14-21)4-7-22(8-5-18)17(23)15-3-6-19-20-11-15/h3,6,11,16H,4-5,7-10,12-14H2,1-2H3. The predicted molar refractivity (Wildman–Crippen MR) is 93.3 cm³/mol. The van der Waals surface area contributed by atoms with Crippen LogP contribution in [0.1, 0.15) is 23.2 Å². The van der Waals surface area contributed by atoms with E-state index in [1.807, 2.05) is 4.90 Å². The Hall–Kier alpha value is -1.57. The van der Waals surface area contributed by atoms with Gasteiger partial charge in [-0.15, -0.1) is 0 Å². The average molecular weight is 348 g/mol. The van der Waals surface area contributed by atoms with Gasteiger partial charge in [-0.3, -0.25) is 4.79 Å². The molecule has 138 valence electrons. The number of amides is 1. The summed E-state index contributed by atoms with van der Waals surface area (Å²) in [5.74, 6) is 0.580. The third-order valence-corrected chi connectivity index (χ3v) is 5.74. The van der Waals surface area contributed by atoms with Crippen LogP contribution >= 0.6 is 0 Å². The van der Waals surface area contributed by atoms with Gasteiger partial charge in [0.05, 0.1) is 31.2 Å². The molecule has 0 saturated carbocycles. The number of hydrogen-bond acceptors (Lipinski definition) is 6. The lowest BCUT2D eigenvalue weighted by Gasteiger charge is -2.42. The lowest BCUT2D eigenvalue weighted by atomic mass is 9.71. The van der Waals surface area contributed by atoms with Crippen molar-refractivity contribution < 1.29 is 14.3 Å². The first kappa shape index (κ1) is 18.2. The summed E-state index contributed by atoms with van der Waals surface area (Å²) < 4.78 is 10.7. The highest BCUT2D eigenvalue weighted by molar-refractivity contribution is 5.93. The molecule has 1 spiro atoms. The molecule has 25 heavy (non-hydrogen) atoms. The molecule has 1 aromatic heterocycles. The summed E-state index contributed by atoms with van der Waals surface area (Å²) in [6.07, 6.45) is 5.16. The largest absolute Gasteiger partial charge is 0.384 e. The minimum atomic E-state index is 0.0577. The van der Waals surface area contributed by atoms with Gasteiger partial charge in [-0.05, 0) is 24.3 Å². The molecule has 0 bridgehead atoms. The van der Waals surface area contributed by atoms with Gasteiger partial charge in [0.15, 0.2) is 0 Å². The van der Waals surface area contributed by atoms with Crippen molar-refractivity contribution in [3.05, 3.63) is 24.0 Å². The number of methoxy groups -OCH3 is 2. The van der Waals surface area contributed by atoms with Gasteiger partial charge in [0.1, 0.15) is 0 Å². The number of nitrogens with zero attached hydrogens (tertiary/aromatic N) is 4. The summed E-state index contributed by atoms with van der Waals surface area (Å²) in [7, 11) is 3.52. The van der Waals surface area contributed by atoms with E-state index in [0.717, 1.165) is 58.8 Å². The molecule has 7 heteroatoms. The van der Waals surface area contributed by atoms with Crippen LogP contribution in [-0.4, -0.2) is 86.1 Å². The molecule has 1 aromatic rings. The van der Waals surface area contributed by atoms with Crippen LogP contribution in [0.4, 0.5) is 0 Å². The number of carbonyl (C=O) groups excluding carboxylic acids is 1.